The SMILES string of the molecule is CCc1cc2cc3c(cc2c(F)c1F)CC(CC)CC3. The molecule has 0 aromatic heterocycles. The topological polar surface area (TPSA) is 0 Å². The standard InChI is InChI=1S/C18H20F2/c1-3-11-5-6-13-9-15-8-12(4-2)17(19)18(20)16(15)10-14(13)7-11/h8-11H,3-7H2,1-2H3. The van der Waals surface area contributed by atoms with Crippen molar-refractivity contribution in [1.82, 2.24) is 0 Å². The minimum atomic E-state index is -0.680. The molecule has 0 saturated heterocycles. The van der Waals surface area contributed by atoms with Crippen molar-refractivity contribution in [3.8, 4) is 0 Å². The molecule has 0 spiro atoms. The van der Waals surface area contributed by atoms with Gasteiger partial charge in [-0.2, -0.15) is 0 Å². The highest BCUT2D eigenvalue weighted by atomic mass is 19.2. The second-order valence-electron chi connectivity index (χ2n) is 5.88. The summed E-state index contributed by atoms with van der Waals surface area (Å²) in [5.74, 6) is -0.675. The van der Waals surface area contributed by atoms with Crippen molar-refractivity contribution in [1.29, 1.82) is 0 Å². The minimum absolute atomic E-state index is 0.440. The highest BCUT2D eigenvalue weighted by Gasteiger charge is 2.20. The van der Waals surface area contributed by atoms with Crippen molar-refractivity contribution in [3.05, 3.63) is 46.5 Å². The van der Waals surface area contributed by atoms with Gasteiger partial charge in [-0.3, -0.25) is 0 Å². The first-order chi connectivity index (χ1) is 9.63. The molecule has 106 valence electrons. The second-order valence-corrected chi connectivity index (χ2v) is 5.88. The van der Waals surface area contributed by atoms with Gasteiger partial charge in [0.05, 0.1) is 0 Å². The first kappa shape index (κ1) is 13.5. The lowest BCUT2D eigenvalue weighted by Crippen LogP contribution is -2.13. The van der Waals surface area contributed by atoms with Crippen LogP contribution in [0.2, 0.25) is 0 Å². The van der Waals surface area contributed by atoms with Gasteiger partial charge in [0.1, 0.15) is 0 Å². The van der Waals surface area contributed by atoms with Crippen LogP contribution in [0.1, 0.15) is 43.4 Å². The van der Waals surface area contributed by atoms with Gasteiger partial charge in [0, 0.05) is 5.39 Å². The predicted octanol–water partition coefficient (Wildman–Crippen LogP) is 5.20. The zero-order valence-electron chi connectivity index (χ0n) is 12.1. The normalized spacial score (nSPS) is 18.3. The lowest BCUT2D eigenvalue weighted by Gasteiger charge is -2.24. The van der Waals surface area contributed by atoms with E-state index in [1.165, 1.54) is 17.5 Å². The van der Waals surface area contributed by atoms with E-state index in [-0.39, 0.29) is 0 Å². The maximum absolute atomic E-state index is 14.2. The average Bonchev–Trinajstić information content (AvgIpc) is 2.48. The van der Waals surface area contributed by atoms with Crippen LogP contribution in [0, 0.1) is 17.6 Å². The quantitative estimate of drug-likeness (QED) is 0.706. The number of benzene rings is 2. The van der Waals surface area contributed by atoms with E-state index in [2.05, 4.69) is 13.0 Å². The molecule has 2 heteroatoms. The third kappa shape index (κ3) is 2.11. The largest absolute Gasteiger partial charge is 0.203 e. The van der Waals surface area contributed by atoms with E-state index < -0.39 is 11.6 Å². The van der Waals surface area contributed by atoms with Crippen molar-refractivity contribution in [2.75, 3.05) is 0 Å². The smallest absolute Gasteiger partial charge is 0.166 e. The molecule has 2 aromatic carbocycles. The Morgan fingerprint density at radius 2 is 1.85 bits per heavy atom. The van der Waals surface area contributed by atoms with E-state index in [9.17, 15) is 8.78 Å². The van der Waals surface area contributed by atoms with Crippen molar-refractivity contribution < 1.29 is 8.78 Å². The van der Waals surface area contributed by atoms with Gasteiger partial charge >= 0.3 is 0 Å². The zero-order chi connectivity index (χ0) is 14.3. The summed E-state index contributed by atoms with van der Waals surface area (Å²) in [5.41, 5.74) is 2.99. The molecular formula is C18H20F2. The number of halogens is 2. The molecule has 0 saturated carbocycles. The molecule has 1 aliphatic rings. The molecule has 0 heterocycles. The zero-order valence-corrected chi connectivity index (χ0v) is 12.1. The second kappa shape index (κ2) is 5.16. The molecule has 0 N–H and O–H groups in total. The summed E-state index contributed by atoms with van der Waals surface area (Å²) in [6.07, 6.45) is 4.94. The number of hydrogen-bond donors (Lipinski definition) is 0. The molecule has 1 aliphatic carbocycles. The summed E-state index contributed by atoms with van der Waals surface area (Å²) in [6.45, 7) is 4.05. The molecule has 1 atom stereocenters. The Hall–Kier alpha value is -1.44. The molecule has 0 amide bonds. The minimum Gasteiger partial charge on any atom is -0.203 e. The van der Waals surface area contributed by atoms with E-state index in [0.29, 0.717) is 23.3 Å². The van der Waals surface area contributed by atoms with Crippen LogP contribution in [0.3, 0.4) is 0 Å². The fourth-order valence-corrected chi connectivity index (χ4v) is 3.33. The summed E-state index contributed by atoms with van der Waals surface area (Å²) in [5, 5.41) is 1.28. The number of hydrogen-bond acceptors (Lipinski definition) is 0. The summed E-state index contributed by atoms with van der Waals surface area (Å²) in [6, 6.07) is 5.75. The maximum atomic E-state index is 14.2. The van der Waals surface area contributed by atoms with Gasteiger partial charge in [-0.25, -0.2) is 8.78 Å². The van der Waals surface area contributed by atoms with Crippen molar-refractivity contribution in [2.45, 2.75) is 46.0 Å². The third-order valence-electron chi connectivity index (χ3n) is 4.70. The van der Waals surface area contributed by atoms with Crippen LogP contribution in [0.15, 0.2) is 18.2 Å². The fourth-order valence-electron chi connectivity index (χ4n) is 3.33. The number of rotatable bonds is 2. The summed E-state index contributed by atoms with van der Waals surface area (Å²) >= 11 is 0. The average molecular weight is 274 g/mol. The summed E-state index contributed by atoms with van der Waals surface area (Å²) in [7, 11) is 0. The van der Waals surface area contributed by atoms with Gasteiger partial charge in [0.25, 0.3) is 0 Å². The lowest BCUT2D eigenvalue weighted by molar-refractivity contribution is 0.445. The number of aryl methyl sites for hydroxylation is 2. The molecule has 3 rings (SSSR count). The third-order valence-corrected chi connectivity index (χ3v) is 4.70. The fraction of sp³-hybridized carbons (Fsp3) is 0.444. The van der Waals surface area contributed by atoms with Crippen LogP contribution in [-0.2, 0) is 19.3 Å². The van der Waals surface area contributed by atoms with Crippen LogP contribution in [0.4, 0.5) is 8.78 Å². The van der Waals surface area contributed by atoms with E-state index in [0.717, 1.165) is 24.6 Å². The van der Waals surface area contributed by atoms with Crippen LogP contribution in [0.5, 0.6) is 0 Å². The Labute approximate surface area is 118 Å². The van der Waals surface area contributed by atoms with E-state index in [1.54, 1.807) is 6.07 Å². The molecule has 2 aromatic rings. The van der Waals surface area contributed by atoms with Gasteiger partial charge < -0.3 is 0 Å². The molecule has 20 heavy (non-hydrogen) atoms. The Morgan fingerprint density at radius 3 is 2.55 bits per heavy atom. The Morgan fingerprint density at radius 1 is 1.05 bits per heavy atom. The summed E-state index contributed by atoms with van der Waals surface area (Å²) < 4.78 is 28.2. The molecule has 0 aliphatic heterocycles. The Bertz CT molecular complexity index is 658. The van der Waals surface area contributed by atoms with Crippen LogP contribution in [-0.4, -0.2) is 0 Å². The van der Waals surface area contributed by atoms with E-state index in [1.807, 2.05) is 13.0 Å². The lowest BCUT2D eigenvalue weighted by atomic mass is 9.81. The van der Waals surface area contributed by atoms with Crippen molar-refractivity contribution >= 4 is 10.8 Å². The highest BCUT2D eigenvalue weighted by Crippen LogP contribution is 2.33. The predicted molar refractivity (Wildman–Crippen MR) is 79.0 cm³/mol. The Balaban J connectivity index is 2.18. The molecular weight excluding hydrogens is 254 g/mol. The molecule has 0 radical (unpaired) electrons. The van der Waals surface area contributed by atoms with E-state index >= 15 is 0 Å². The van der Waals surface area contributed by atoms with Crippen LogP contribution < -0.4 is 0 Å². The van der Waals surface area contributed by atoms with Gasteiger partial charge in [-0.1, -0.05) is 26.3 Å². The van der Waals surface area contributed by atoms with Gasteiger partial charge in [0.15, 0.2) is 11.6 Å². The van der Waals surface area contributed by atoms with Crippen molar-refractivity contribution in [3.63, 3.8) is 0 Å². The van der Waals surface area contributed by atoms with Crippen molar-refractivity contribution in [2.24, 2.45) is 5.92 Å². The van der Waals surface area contributed by atoms with Crippen LogP contribution >= 0.6 is 0 Å². The molecule has 1 unspecified atom stereocenters. The Kier molecular flexibility index (Phi) is 3.49. The highest BCUT2D eigenvalue weighted by molar-refractivity contribution is 5.85. The molecule has 0 nitrogen and oxygen atoms in total. The first-order valence-corrected chi connectivity index (χ1v) is 7.56. The van der Waals surface area contributed by atoms with E-state index in [4.69, 9.17) is 0 Å². The van der Waals surface area contributed by atoms with Gasteiger partial charge in [0.2, 0.25) is 0 Å². The molecule has 0 bridgehead atoms. The maximum Gasteiger partial charge on any atom is 0.166 e. The number of fused-ring (bicyclic) bond motifs is 2. The van der Waals surface area contributed by atoms with Crippen LogP contribution in [0.25, 0.3) is 10.8 Å². The molecule has 0 fully saturated rings. The van der Waals surface area contributed by atoms with Gasteiger partial charge in [-0.15, -0.1) is 0 Å². The first-order valence-electron chi connectivity index (χ1n) is 7.56. The monoisotopic (exact) mass is 274 g/mol. The van der Waals surface area contributed by atoms with Gasteiger partial charge in [-0.05, 0) is 65.8 Å². The summed E-state index contributed by atoms with van der Waals surface area (Å²) in [4.78, 5) is 0.